The van der Waals surface area contributed by atoms with Crippen molar-refractivity contribution < 1.29 is 0 Å². The van der Waals surface area contributed by atoms with Crippen molar-refractivity contribution in [3.05, 3.63) is 96.1 Å². The van der Waals surface area contributed by atoms with Crippen LogP contribution in [0.25, 0.3) is 43.6 Å². The fourth-order valence-electron chi connectivity index (χ4n) is 6.33. The van der Waals surface area contributed by atoms with Crippen LogP contribution in [0.5, 0.6) is 0 Å². The molecule has 2 heteroatoms. The van der Waals surface area contributed by atoms with Crippen LogP contribution in [0, 0.1) is 0 Å². The molecular weight excluding hydrogens is 460 g/mol. The maximum Gasteiger partial charge on any atom is 0.0497 e. The molecule has 0 bridgehead atoms. The van der Waals surface area contributed by atoms with E-state index in [1.54, 1.807) is 0 Å². The van der Waals surface area contributed by atoms with Crippen LogP contribution >= 0.6 is 0 Å². The summed E-state index contributed by atoms with van der Waals surface area (Å²) in [5, 5.41) is 5.42. The van der Waals surface area contributed by atoms with Gasteiger partial charge in [-0.2, -0.15) is 0 Å². The summed E-state index contributed by atoms with van der Waals surface area (Å²) in [7, 11) is 0. The highest BCUT2D eigenvalue weighted by atomic mass is 14.7. The number of aromatic amines is 2. The molecule has 0 atom stereocenters. The second-order valence-electron chi connectivity index (χ2n) is 11.1. The Hall–Kier alpha value is -3.52. The first-order valence-corrected chi connectivity index (χ1v) is 14.8. The van der Waals surface area contributed by atoms with Gasteiger partial charge in [0, 0.05) is 43.6 Å². The van der Waals surface area contributed by atoms with Crippen molar-refractivity contribution in [2.75, 3.05) is 0 Å². The molecule has 2 heterocycles. The lowest BCUT2D eigenvalue weighted by molar-refractivity contribution is 0.551. The number of rotatable bonds is 13. The molecule has 0 aliphatic rings. The van der Waals surface area contributed by atoms with Crippen molar-refractivity contribution >= 4 is 43.6 Å². The molecule has 0 aliphatic heterocycles. The molecule has 6 aromatic rings. The first kappa shape index (κ1) is 24.8. The second kappa shape index (κ2) is 11.9. The van der Waals surface area contributed by atoms with E-state index in [4.69, 9.17) is 0 Å². The number of nitrogens with one attached hydrogen (secondary N) is 2. The quantitative estimate of drug-likeness (QED) is 0.148. The van der Waals surface area contributed by atoms with E-state index in [-0.39, 0.29) is 0 Å². The van der Waals surface area contributed by atoms with Crippen LogP contribution in [-0.2, 0) is 12.8 Å². The van der Waals surface area contributed by atoms with Gasteiger partial charge in [0.1, 0.15) is 0 Å². The number of unbranched alkanes of at least 4 members (excludes halogenated alkanes) is 9. The van der Waals surface area contributed by atoms with E-state index in [9.17, 15) is 0 Å². The number of H-pyrrole nitrogens is 2. The molecule has 4 aromatic carbocycles. The lowest BCUT2D eigenvalue weighted by atomic mass is 10.0. The van der Waals surface area contributed by atoms with E-state index >= 15 is 0 Å². The van der Waals surface area contributed by atoms with Gasteiger partial charge in [-0.3, -0.25) is 0 Å². The summed E-state index contributed by atoms with van der Waals surface area (Å²) >= 11 is 0. The predicted octanol–water partition coefficient (Wildman–Crippen LogP) is 10.6. The number of hydrogen-bond donors (Lipinski definition) is 2. The molecule has 38 heavy (non-hydrogen) atoms. The van der Waals surface area contributed by atoms with E-state index in [0.717, 1.165) is 0 Å². The number of fused-ring (bicyclic) bond motifs is 6. The molecule has 0 fully saturated rings. The first-order valence-electron chi connectivity index (χ1n) is 14.8. The summed E-state index contributed by atoms with van der Waals surface area (Å²) in [5.41, 5.74) is 8.13. The zero-order chi connectivity index (χ0) is 25.6. The Balaban J connectivity index is 0.852. The van der Waals surface area contributed by atoms with E-state index in [2.05, 4.69) is 94.9 Å². The molecule has 0 radical (unpaired) electrons. The first-order chi connectivity index (χ1) is 18.9. The van der Waals surface area contributed by atoms with Crippen LogP contribution in [0.3, 0.4) is 0 Å². The van der Waals surface area contributed by atoms with Gasteiger partial charge < -0.3 is 9.97 Å². The van der Waals surface area contributed by atoms with Crippen LogP contribution in [-0.4, -0.2) is 9.97 Å². The highest BCUT2D eigenvalue weighted by molar-refractivity contribution is 6.09. The average Bonchev–Trinajstić information content (AvgIpc) is 3.53. The molecule has 194 valence electrons. The van der Waals surface area contributed by atoms with E-state index in [0.29, 0.717) is 0 Å². The molecular formula is C36H40N2. The summed E-state index contributed by atoms with van der Waals surface area (Å²) in [6, 6.07) is 30.9. The summed E-state index contributed by atoms with van der Waals surface area (Å²) in [6.07, 6.45) is 15.9. The average molecular weight is 501 g/mol. The Morgan fingerprint density at radius 2 is 0.711 bits per heavy atom. The van der Waals surface area contributed by atoms with Gasteiger partial charge in [-0.15, -0.1) is 0 Å². The third-order valence-electron chi connectivity index (χ3n) is 8.40. The van der Waals surface area contributed by atoms with Crippen molar-refractivity contribution in [1.29, 1.82) is 0 Å². The van der Waals surface area contributed by atoms with Crippen LogP contribution in [0.4, 0.5) is 0 Å². The molecule has 6 rings (SSSR count). The van der Waals surface area contributed by atoms with Gasteiger partial charge in [0.2, 0.25) is 0 Å². The number of aromatic nitrogens is 2. The molecule has 0 spiro atoms. The normalized spacial score (nSPS) is 11.9. The van der Waals surface area contributed by atoms with E-state index in [1.807, 2.05) is 0 Å². The third-order valence-corrected chi connectivity index (χ3v) is 8.40. The minimum atomic E-state index is 1.18. The largest absolute Gasteiger partial charge is 0.354 e. The van der Waals surface area contributed by atoms with E-state index < -0.39 is 0 Å². The Bertz CT molecular complexity index is 1510. The van der Waals surface area contributed by atoms with Gasteiger partial charge in [-0.1, -0.05) is 124 Å². The van der Waals surface area contributed by atoms with Crippen LogP contribution < -0.4 is 0 Å². The van der Waals surface area contributed by atoms with Gasteiger partial charge in [-0.05, 0) is 48.9 Å². The van der Waals surface area contributed by atoms with Crippen LogP contribution in [0.15, 0.2) is 84.9 Å². The number of aryl methyl sites for hydroxylation is 2. The predicted molar refractivity (Wildman–Crippen MR) is 165 cm³/mol. The highest BCUT2D eigenvalue weighted by Crippen LogP contribution is 2.29. The number of para-hydroxylation sites is 4. The third kappa shape index (κ3) is 5.36. The van der Waals surface area contributed by atoms with E-state index in [1.165, 1.54) is 132 Å². The minimum absolute atomic E-state index is 1.18. The summed E-state index contributed by atoms with van der Waals surface area (Å²) in [6.45, 7) is 0. The molecule has 0 saturated carbocycles. The molecule has 0 amide bonds. The van der Waals surface area contributed by atoms with Crippen molar-refractivity contribution in [2.45, 2.75) is 77.0 Å². The van der Waals surface area contributed by atoms with Gasteiger partial charge in [0.15, 0.2) is 0 Å². The van der Waals surface area contributed by atoms with Crippen LogP contribution in [0.1, 0.15) is 75.3 Å². The summed E-state index contributed by atoms with van der Waals surface area (Å²) < 4.78 is 0. The standard InChI is InChI=1S/C36H40N2/c1(3-5-7-9-17-27-19-15-23-31-29-21-11-13-25-33(29)37-35(27)31)2-4-6-8-10-18-28-20-16-24-32-30-22-12-14-26-34(30)38-36(28)32/h11-16,19-26,37-38H,1-10,17-18H2. The molecule has 0 unspecified atom stereocenters. The minimum Gasteiger partial charge on any atom is -0.354 e. The second-order valence-corrected chi connectivity index (χ2v) is 11.1. The summed E-state index contributed by atoms with van der Waals surface area (Å²) in [5.74, 6) is 0. The molecule has 2 aromatic heterocycles. The molecule has 0 aliphatic carbocycles. The van der Waals surface area contributed by atoms with Crippen molar-refractivity contribution in [3.8, 4) is 0 Å². The van der Waals surface area contributed by atoms with Gasteiger partial charge in [0.25, 0.3) is 0 Å². The van der Waals surface area contributed by atoms with Gasteiger partial charge in [-0.25, -0.2) is 0 Å². The lowest BCUT2D eigenvalue weighted by Crippen LogP contribution is -1.89. The Labute approximate surface area is 226 Å². The summed E-state index contributed by atoms with van der Waals surface area (Å²) in [4.78, 5) is 7.31. The zero-order valence-electron chi connectivity index (χ0n) is 22.6. The van der Waals surface area contributed by atoms with Gasteiger partial charge in [0.05, 0.1) is 0 Å². The Morgan fingerprint density at radius 3 is 1.16 bits per heavy atom. The lowest BCUT2D eigenvalue weighted by Gasteiger charge is -2.05. The van der Waals surface area contributed by atoms with Gasteiger partial charge >= 0.3 is 0 Å². The molecule has 2 N–H and O–H groups in total. The Kier molecular flexibility index (Phi) is 7.77. The monoisotopic (exact) mass is 500 g/mol. The SMILES string of the molecule is c1ccc2c(c1)[nH]c1c(CCCCCCCCCCCCc3cccc4c3[nH]c3ccccc34)cccc12. The number of benzene rings is 4. The molecule has 0 saturated heterocycles. The van der Waals surface area contributed by atoms with Crippen molar-refractivity contribution in [3.63, 3.8) is 0 Å². The zero-order valence-corrected chi connectivity index (χ0v) is 22.6. The maximum absolute atomic E-state index is 3.66. The maximum atomic E-state index is 3.66. The number of hydrogen-bond acceptors (Lipinski definition) is 0. The topological polar surface area (TPSA) is 31.6 Å². The van der Waals surface area contributed by atoms with Crippen LogP contribution in [0.2, 0.25) is 0 Å². The molecule has 2 nitrogen and oxygen atoms in total. The highest BCUT2D eigenvalue weighted by Gasteiger charge is 2.08. The fraction of sp³-hybridized carbons (Fsp3) is 0.333. The van der Waals surface area contributed by atoms with Crippen molar-refractivity contribution in [1.82, 2.24) is 9.97 Å². The fourth-order valence-corrected chi connectivity index (χ4v) is 6.33. The van der Waals surface area contributed by atoms with Crippen molar-refractivity contribution in [2.24, 2.45) is 0 Å². The Morgan fingerprint density at radius 1 is 0.342 bits per heavy atom. The smallest absolute Gasteiger partial charge is 0.0497 e.